The first-order valence-electron chi connectivity index (χ1n) is 10.7. The maximum atomic E-state index is 12.6. The highest BCUT2D eigenvalue weighted by Gasteiger charge is 2.15. The van der Waals surface area contributed by atoms with E-state index in [1.54, 1.807) is 7.11 Å². The number of hydrogen-bond acceptors (Lipinski definition) is 6. The molecule has 32 heavy (non-hydrogen) atoms. The lowest BCUT2D eigenvalue weighted by Crippen LogP contribution is -2.18. The summed E-state index contributed by atoms with van der Waals surface area (Å²) in [4.78, 5) is 15.0. The molecule has 3 heterocycles. The van der Waals surface area contributed by atoms with E-state index in [0.29, 0.717) is 5.16 Å². The molecule has 0 atom stereocenters. The van der Waals surface area contributed by atoms with Crippen molar-refractivity contribution in [3.63, 3.8) is 0 Å². The van der Waals surface area contributed by atoms with Gasteiger partial charge in [0.1, 0.15) is 5.75 Å². The zero-order valence-electron chi connectivity index (χ0n) is 18.2. The van der Waals surface area contributed by atoms with Gasteiger partial charge in [-0.3, -0.25) is 9.20 Å². The number of anilines is 2. The van der Waals surface area contributed by atoms with E-state index in [-0.39, 0.29) is 11.7 Å². The molecule has 0 saturated carbocycles. The maximum Gasteiger partial charge on any atom is 0.234 e. The molecule has 1 fully saturated rings. The van der Waals surface area contributed by atoms with Gasteiger partial charge >= 0.3 is 0 Å². The van der Waals surface area contributed by atoms with Gasteiger partial charge in [-0.15, -0.1) is 10.2 Å². The number of aromatic nitrogens is 3. The van der Waals surface area contributed by atoms with Gasteiger partial charge in [0.2, 0.25) is 5.91 Å². The first-order chi connectivity index (χ1) is 15.6. The average Bonchev–Trinajstić information content (AvgIpc) is 3.48. The number of pyridine rings is 1. The highest BCUT2D eigenvalue weighted by molar-refractivity contribution is 7.99. The minimum Gasteiger partial charge on any atom is -0.497 e. The van der Waals surface area contributed by atoms with Crippen molar-refractivity contribution in [3.05, 3.63) is 54.1 Å². The van der Waals surface area contributed by atoms with Crippen LogP contribution < -0.4 is 15.0 Å². The Morgan fingerprint density at radius 1 is 1.09 bits per heavy atom. The number of amides is 1. The second kappa shape index (κ2) is 8.70. The first kappa shape index (κ1) is 20.6. The van der Waals surface area contributed by atoms with Gasteiger partial charge in [-0.05, 0) is 67.8 Å². The van der Waals surface area contributed by atoms with Gasteiger partial charge < -0.3 is 15.0 Å². The molecule has 1 saturated heterocycles. The third kappa shape index (κ3) is 3.98. The molecular weight excluding hydrogens is 422 g/mol. The summed E-state index contributed by atoms with van der Waals surface area (Å²) in [6.07, 6.45) is 2.49. The summed E-state index contributed by atoms with van der Waals surface area (Å²) in [6.45, 7) is 4.27. The normalized spacial score (nSPS) is 13.8. The van der Waals surface area contributed by atoms with Crippen LogP contribution in [0.15, 0.2) is 53.7 Å². The fourth-order valence-corrected chi connectivity index (χ4v) is 4.93. The van der Waals surface area contributed by atoms with Crippen LogP contribution in [-0.4, -0.2) is 46.5 Å². The molecule has 0 radical (unpaired) electrons. The number of nitrogens with one attached hydrogen (secondary N) is 1. The highest BCUT2D eigenvalue weighted by atomic mass is 32.2. The standard InChI is InChI=1S/C24H25N5O2S/c1-16-13-22-26-27-24(29(22)21-14-19(31-2)9-10-20(16)21)32-15-23(30)25-17-5-7-18(8-6-17)28-11-3-4-12-28/h5-10,13-14H,3-4,11-12,15H2,1-2H3,(H,25,30). The number of fused-ring (bicyclic) bond motifs is 3. The molecule has 2 aromatic heterocycles. The molecule has 1 amide bonds. The van der Waals surface area contributed by atoms with Crippen LogP contribution in [0.1, 0.15) is 18.4 Å². The lowest BCUT2D eigenvalue weighted by Gasteiger charge is -2.17. The summed E-state index contributed by atoms with van der Waals surface area (Å²) < 4.78 is 7.38. The lowest BCUT2D eigenvalue weighted by molar-refractivity contribution is -0.113. The summed E-state index contributed by atoms with van der Waals surface area (Å²) >= 11 is 1.37. The number of carbonyl (C=O) groups excluding carboxylic acids is 1. The molecule has 0 unspecified atom stereocenters. The summed E-state index contributed by atoms with van der Waals surface area (Å²) in [5.74, 6) is 0.937. The van der Waals surface area contributed by atoms with Gasteiger partial charge in [-0.25, -0.2) is 0 Å². The van der Waals surface area contributed by atoms with Gasteiger partial charge in [0.25, 0.3) is 0 Å². The quantitative estimate of drug-likeness (QED) is 0.438. The van der Waals surface area contributed by atoms with Crippen molar-refractivity contribution in [1.29, 1.82) is 0 Å². The van der Waals surface area contributed by atoms with Crippen LogP contribution in [0.5, 0.6) is 5.75 Å². The lowest BCUT2D eigenvalue weighted by atomic mass is 10.1. The summed E-state index contributed by atoms with van der Waals surface area (Å²) in [6, 6.07) is 16.0. The van der Waals surface area contributed by atoms with E-state index in [1.807, 2.05) is 40.8 Å². The second-order valence-corrected chi connectivity index (χ2v) is 8.91. The smallest absolute Gasteiger partial charge is 0.234 e. The number of nitrogens with zero attached hydrogens (tertiary/aromatic N) is 4. The Bertz CT molecular complexity index is 1280. The molecule has 2 aromatic carbocycles. The number of thioether (sulfide) groups is 1. The zero-order chi connectivity index (χ0) is 22.1. The summed E-state index contributed by atoms with van der Waals surface area (Å²) in [5, 5.41) is 13.4. The van der Waals surface area contributed by atoms with Gasteiger partial charge in [0, 0.05) is 35.9 Å². The Labute approximate surface area is 190 Å². The molecular formula is C24H25N5O2S. The van der Waals surface area contributed by atoms with E-state index in [0.717, 1.165) is 46.6 Å². The van der Waals surface area contributed by atoms with E-state index in [2.05, 4.69) is 39.5 Å². The van der Waals surface area contributed by atoms with Gasteiger partial charge in [0.15, 0.2) is 10.8 Å². The molecule has 1 aliphatic rings. The van der Waals surface area contributed by atoms with Crippen LogP contribution in [0.4, 0.5) is 11.4 Å². The molecule has 5 rings (SSSR count). The number of methoxy groups -OCH3 is 1. The predicted molar refractivity (Wildman–Crippen MR) is 129 cm³/mol. The number of aryl methyl sites for hydroxylation is 1. The molecule has 0 spiro atoms. The van der Waals surface area contributed by atoms with E-state index < -0.39 is 0 Å². The van der Waals surface area contributed by atoms with Crippen molar-refractivity contribution < 1.29 is 9.53 Å². The average molecular weight is 448 g/mol. The Morgan fingerprint density at radius 2 is 1.88 bits per heavy atom. The minimum atomic E-state index is -0.0744. The molecule has 8 heteroatoms. The maximum absolute atomic E-state index is 12.6. The molecule has 0 aliphatic carbocycles. The molecule has 7 nitrogen and oxygen atoms in total. The SMILES string of the molecule is COc1ccc2c(C)cc3nnc(SCC(=O)Nc4ccc(N5CCCC5)cc4)n3c2c1. The van der Waals surface area contributed by atoms with Crippen molar-refractivity contribution in [2.75, 3.05) is 36.2 Å². The Hall–Kier alpha value is -3.26. The second-order valence-electron chi connectivity index (χ2n) is 7.96. The molecule has 4 aromatic rings. The van der Waals surface area contributed by atoms with Gasteiger partial charge in [-0.1, -0.05) is 11.8 Å². The highest BCUT2D eigenvalue weighted by Crippen LogP contribution is 2.29. The summed E-state index contributed by atoms with van der Waals surface area (Å²) in [7, 11) is 1.65. The predicted octanol–water partition coefficient (Wildman–Crippen LogP) is 4.53. The van der Waals surface area contributed by atoms with Crippen molar-refractivity contribution in [2.45, 2.75) is 24.9 Å². The first-order valence-corrected chi connectivity index (χ1v) is 11.7. The van der Waals surface area contributed by atoms with Crippen LogP contribution in [0.3, 0.4) is 0 Å². The number of benzene rings is 2. The Kier molecular flexibility index (Phi) is 5.61. The fraction of sp³-hybridized carbons (Fsp3) is 0.292. The molecule has 164 valence electrons. The zero-order valence-corrected chi connectivity index (χ0v) is 19.0. The van der Waals surface area contributed by atoms with E-state index in [1.165, 1.54) is 30.3 Å². The number of rotatable bonds is 6. The van der Waals surface area contributed by atoms with Crippen molar-refractivity contribution in [2.24, 2.45) is 0 Å². The topological polar surface area (TPSA) is 71.8 Å². The van der Waals surface area contributed by atoms with Crippen LogP contribution in [0.25, 0.3) is 16.6 Å². The van der Waals surface area contributed by atoms with Gasteiger partial charge in [-0.2, -0.15) is 0 Å². The van der Waals surface area contributed by atoms with Crippen molar-refractivity contribution in [1.82, 2.24) is 14.6 Å². The number of hydrogen-bond donors (Lipinski definition) is 1. The fourth-order valence-electron chi connectivity index (χ4n) is 4.18. The van der Waals surface area contributed by atoms with Crippen LogP contribution in [-0.2, 0) is 4.79 Å². The minimum absolute atomic E-state index is 0.0744. The van der Waals surface area contributed by atoms with Crippen LogP contribution in [0.2, 0.25) is 0 Å². The number of ether oxygens (including phenoxy) is 1. The monoisotopic (exact) mass is 447 g/mol. The van der Waals surface area contributed by atoms with Gasteiger partial charge in [0.05, 0.1) is 18.4 Å². The molecule has 1 aliphatic heterocycles. The Balaban J connectivity index is 1.31. The van der Waals surface area contributed by atoms with E-state index in [4.69, 9.17) is 4.74 Å². The van der Waals surface area contributed by atoms with Crippen LogP contribution in [0, 0.1) is 6.92 Å². The molecule has 0 bridgehead atoms. The number of carbonyl (C=O) groups is 1. The van der Waals surface area contributed by atoms with E-state index >= 15 is 0 Å². The third-order valence-corrected chi connectivity index (χ3v) is 6.76. The Morgan fingerprint density at radius 3 is 2.62 bits per heavy atom. The van der Waals surface area contributed by atoms with Crippen LogP contribution >= 0.6 is 11.8 Å². The third-order valence-electron chi connectivity index (χ3n) is 5.83. The largest absolute Gasteiger partial charge is 0.497 e. The van der Waals surface area contributed by atoms with E-state index in [9.17, 15) is 4.79 Å². The summed E-state index contributed by atoms with van der Waals surface area (Å²) in [5.41, 5.74) is 4.85. The van der Waals surface area contributed by atoms with Crippen molar-refractivity contribution in [3.8, 4) is 5.75 Å². The van der Waals surface area contributed by atoms with Crippen molar-refractivity contribution >= 4 is 45.6 Å². The molecule has 1 N–H and O–H groups in total.